The molecular weight excluding hydrogens is 313 g/mol. The predicted octanol–water partition coefficient (Wildman–Crippen LogP) is -2.62. The van der Waals surface area contributed by atoms with Gasteiger partial charge in [-0.1, -0.05) is 0 Å². The quantitative estimate of drug-likeness (QED) is 0.375. The van der Waals surface area contributed by atoms with Gasteiger partial charge < -0.3 is 21.3 Å². The molecular formula is C15H28FN7O. The Bertz CT molecular complexity index is 494. The largest absolute Gasteiger partial charge is 0.351 e. The van der Waals surface area contributed by atoms with Crippen LogP contribution in [0.4, 0.5) is 4.39 Å². The Morgan fingerprint density at radius 1 is 1.33 bits per heavy atom. The molecule has 24 heavy (non-hydrogen) atoms. The summed E-state index contributed by atoms with van der Waals surface area (Å²) in [5, 5.41) is 11.5. The lowest BCUT2D eigenvalue weighted by molar-refractivity contribution is -0.128. The van der Waals surface area contributed by atoms with Crippen LogP contribution in [0, 0.1) is 11.8 Å². The first-order valence-corrected chi connectivity index (χ1v) is 8.92. The maximum Gasteiger partial charge on any atom is 0.229 e. The van der Waals surface area contributed by atoms with Crippen molar-refractivity contribution in [3.05, 3.63) is 0 Å². The molecule has 7 atom stereocenters. The zero-order valence-electron chi connectivity index (χ0n) is 14.0. The normalized spacial score (nSPS) is 46.5. The van der Waals surface area contributed by atoms with Gasteiger partial charge in [0.15, 0.2) is 0 Å². The van der Waals surface area contributed by atoms with Crippen LogP contribution in [0.5, 0.6) is 0 Å². The number of nitrogens with two attached hydrogens (primary N) is 1. The standard InChI is InChI=1S/C15H28FN7O/c1-22-3-2-9-10(5-18-6-11(9)22)20-15(24)12-13(17)21-23-7-8(16)4-19-14(12)23/h8-14,18-19,21H,2-7,17H2,1H3,(H,20,24). The van der Waals surface area contributed by atoms with Gasteiger partial charge >= 0.3 is 0 Å². The first-order valence-electron chi connectivity index (χ1n) is 8.92. The van der Waals surface area contributed by atoms with Crippen LogP contribution >= 0.6 is 0 Å². The number of hydrogen-bond acceptors (Lipinski definition) is 7. The van der Waals surface area contributed by atoms with Gasteiger partial charge in [0.2, 0.25) is 5.91 Å². The Morgan fingerprint density at radius 3 is 3.00 bits per heavy atom. The van der Waals surface area contributed by atoms with Crippen molar-refractivity contribution in [2.75, 3.05) is 39.8 Å². The molecule has 0 aliphatic carbocycles. The maximum absolute atomic E-state index is 13.5. The predicted molar refractivity (Wildman–Crippen MR) is 87.3 cm³/mol. The highest BCUT2D eigenvalue weighted by Gasteiger charge is 2.48. The van der Waals surface area contributed by atoms with Crippen molar-refractivity contribution in [3.63, 3.8) is 0 Å². The maximum atomic E-state index is 13.5. The molecule has 0 aromatic heterocycles. The van der Waals surface area contributed by atoms with Crippen LogP contribution < -0.4 is 27.1 Å². The van der Waals surface area contributed by atoms with Gasteiger partial charge in [0.25, 0.3) is 0 Å². The van der Waals surface area contributed by atoms with E-state index in [0.717, 1.165) is 26.1 Å². The van der Waals surface area contributed by atoms with Gasteiger partial charge in [0, 0.05) is 38.3 Å². The van der Waals surface area contributed by atoms with Crippen LogP contribution in [0.1, 0.15) is 6.42 Å². The van der Waals surface area contributed by atoms with Gasteiger partial charge in [-0.15, -0.1) is 0 Å². The molecule has 0 aromatic carbocycles. The van der Waals surface area contributed by atoms with E-state index in [9.17, 15) is 9.18 Å². The van der Waals surface area contributed by atoms with Gasteiger partial charge in [-0.3, -0.25) is 10.1 Å². The molecule has 0 radical (unpaired) electrons. The van der Waals surface area contributed by atoms with E-state index in [1.54, 1.807) is 5.01 Å². The molecule has 1 amide bonds. The van der Waals surface area contributed by atoms with Crippen LogP contribution in [0.25, 0.3) is 0 Å². The minimum atomic E-state index is -0.944. The second-order valence-corrected chi connectivity index (χ2v) is 7.56. The average molecular weight is 341 g/mol. The second-order valence-electron chi connectivity index (χ2n) is 7.56. The number of alkyl halides is 1. The topological polar surface area (TPSA) is 97.7 Å². The van der Waals surface area contributed by atoms with Gasteiger partial charge in [0.1, 0.15) is 6.17 Å². The third-order valence-electron chi connectivity index (χ3n) is 6.06. The first-order chi connectivity index (χ1) is 11.5. The highest BCUT2D eigenvalue weighted by atomic mass is 19.1. The number of hydrogen-bond donors (Lipinski definition) is 5. The number of carbonyl (C=O) groups excluding carboxylic acids is 1. The van der Waals surface area contributed by atoms with E-state index in [2.05, 4.69) is 33.3 Å². The van der Waals surface area contributed by atoms with E-state index in [1.165, 1.54) is 0 Å². The third-order valence-corrected chi connectivity index (χ3v) is 6.06. The smallest absolute Gasteiger partial charge is 0.229 e. The van der Waals surface area contributed by atoms with Crippen LogP contribution in [-0.4, -0.2) is 86.2 Å². The summed E-state index contributed by atoms with van der Waals surface area (Å²) in [6, 6.07) is 0.607. The fourth-order valence-electron chi connectivity index (χ4n) is 4.77. The van der Waals surface area contributed by atoms with E-state index in [1.807, 2.05) is 0 Å². The van der Waals surface area contributed by atoms with Crippen molar-refractivity contribution in [3.8, 4) is 0 Å². The van der Waals surface area contributed by atoms with Crippen molar-refractivity contribution in [2.24, 2.45) is 17.6 Å². The van der Waals surface area contributed by atoms with Crippen molar-refractivity contribution in [1.82, 2.24) is 31.3 Å². The van der Waals surface area contributed by atoms with Crippen molar-refractivity contribution in [2.45, 2.75) is 37.0 Å². The Labute approximate surface area is 141 Å². The summed E-state index contributed by atoms with van der Waals surface area (Å²) in [6.07, 6.45) is -0.572. The summed E-state index contributed by atoms with van der Waals surface area (Å²) < 4.78 is 13.5. The van der Waals surface area contributed by atoms with Gasteiger partial charge in [-0.2, -0.15) is 0 Å². The van der Waals surface area contributed by atoms with E-state index in [-0.39, 0.29) is 31.2 Å². The molecule has 0 aromatic rings. The van der Waals surface area contributed by atoms with Crippen molar-refractivity contribution >= 4 is 5.91 Å². The summed E-state index contributed by atoms with van der Waals surface area (Å²) in [7, 11) is 2.14. The van der Waals surface area contributed by atoms with Crippen LogP contribution in [0.2, 0.25) is 0 Å². The van der Waals surface area contributed by atoms with Crippen molar-refractivity contribution in [1.29, 1.82) is 0 Å². The van der Waals surface area contributed by atoms with Crippen LogP contribution in [0.3, 0.4) is 0 Å². The molecule has 136 valence electrons. The molecule has 6 N–H and O–H groups in total. The molecule has 4 aliphatic heterocycles. The minimum Gasteiger partial charge on any atom is -0.351 e. The summed E-state index contributed by atoms with van der Waals surface area (Å²) >= 11 is 0. The Kier molecular flexibility index (Phi) is 4.48. The summed E-state index contributed by atoms with van der Waals surface area (Å²) in [4.78, 5) is 15.3. The number of amides is 1. The fourth-order valence-corrected chi connectivity index (χ4v) is 4.77. The lowest BCUT2D eigenvalue weighted by Gasteiger charge is -2.38. The number of likely N-dealkylation sites (tertiary alicyclic amines) is 1. The molecule has 0 spiro atoms. The van der Waals surface area contributed by atoms with Crippen LogP contribution in [-0.2, 0) is 4.79 Å². The molecule has 0 bridgehead atoms. The number of carbonyl (C=O) groups is 1. The molecule has 4 saturated heterocycles. The van der Waals surface area contributed by atoms with Gasteiger partial charge in [-0.05, 0) is 25.9 Å². The Balaban J connectivity index is 1.42. The number of likely N-dealkylation sites (N-methyl/N-ethyl adjacent to an activating group) is 1. The van der Waals surface area contributed by atoms with E-state index >= 15 is 0 Å². The number of nitrogens with zero attached hydrogens (tertiary/aromatic N) is 2. The zero-order chi connectivity index (χ0) is 16.8. The zero-order valence-corrected chi connectivity index (χ0v) is 14.0. The fraction of sp³-hybridized carbons (Fsp3) is 0.933. The number of fused-ring (bicyclic) bond motifs is 2. The first kappa shape index (κ1) is 16.6. The number of nitrogens with one attached hydrogen (secondary N) is 4. The average Bonchev–Trinajstić information content (AvgIpc) is 3.07. The van der Waals surface area contributed by atoms with Crippen LogP contribution in [0.15, 0.2) is 0 Å². The van der Waals surface area contributed by atoms with Gasteiger partial charge in [0.05, 0.1) is 18.2 Å². The molecule has 7 unspecified atom stereocenters. The van der Waals surface area contributed by atoms with E-state index < -0.39 is 18.3 Å². The Hall–Kier alpha value is -0.840. The Morgan fingerprint density at radius 2 is 2.17 bits per heavy atom. The molecule has 9 heteroatoms. The molecule has 4 fully saturated rings. The SMILES string of the molecule is CN1CCC2C(NC(=O)C3C(N)NN4CC(F)CNC34)CNCC21. The second kappa shape index (κ2) is 6.47. The lowest BCUT2D eigenvalue weighted by Crippen LogP contribution is -2.62. The summed E-state index contributed by atoms with van der Waals surface area (Å²) in [5.74, 6) is 0.0164. The molecule has 4 heterocycles. The lowest BCUT2D eigenvalue weighted by atomic mass is 9.88. The molecule has 8 nitrogen and oxygen atoms in total. The molecule has 4 aliphatic rings. The van der Waals surface area contributed by atoms with E-state index in [0.29, 0.717) is 12.0 Å². The number of piperidine rings is 1. The highest BCUT2D eigenvalue weighted by Crippen LogP contribution is 2.29. The minimum absolute atomic E-state index is 0.0469. The number of halogens is 1. The highest BCUT2D eigenvalue weighted by molar-refractivity contribution is 5.80. The summed E-state index contributed by atoms with van der Waals surface area (Å²) in [5.41, 5.74) is 9.15. The molecule has 4 rings (SSSR count). The monoisotopic (exact) mass is 341 g/mol. The number of hydrazine groups is 1. The summed E-state index contributed by atoms with van der Waals surface area (Å²) in [6.45, 7) is 3.37. The third kappa shape index (κ3) is 2.83. The molecule has 0 saturated carbocycles. The van der Waals surface area contributed by atoms with E-state index in [4.69, 9.17) is 5.73 Å². The van der Waals surface area contributed by atoms with Gasteiger partial charge in [-0.25, -0.2) is 14.8 Å². The number of rotatable bonds is 2. The van der Waals surface area contributed by atoms with Crippen molar-refractivity contribution < 1.29 is 9.18 Å².